The molecule has 2 aromatic rings. The summed E-state index contributed by atoms with van der Waals surface area (Å²) in [5, 5.41) is 3.09. The number of fused-ring (bicyclic) bond motifs is 1. The van der Waals surface area contributed by atoms with E-state index in [1.165, 1.54) is 0 Å². The molecule has 0 bridgehead atoms. The Kier molecular flexibility index (Phi) is 3.41. The highest BCUT2D eigenvalue weighted by atomic mass is 16.4. The van der Waals surface area contributed by atoms with Crippen LogP contribution >= 0.6 is 0 Å². The summed E-state index contributed by atoms with van der Waals surface area (Å²) in [6, 6.07) is 7.52. The van der Waals surface area contributed by atoms with Crippen LogP contribution in [0.1, 0.15) is 12.8 Å². The van der Waals surface area contributed by atoms with Crippen molar-refractivity contribution in [2.75, 3.05) is 13.6 Å². The van der Waals surface area contributed by atoms with Gasteiger partial charge in [0.1, 0.15) is 0 Å². The van der Waals surface area contributed by atoms with Crippen LogP contribution in [0.4, 0.5) is 0 Å². The molecular weight excluding hydrogens is 204 g/mol. The number of benzene rings is 1. The minimum Gasteiger partial charge on any atom is -0.408 e. The molecule has 0 spiro atoms. The molecule has 0 radical (unpaired) electrons. The average Bonchev–Trinajstić information content (AvgIpc) is 2.61. The fourth-order valence-corrected chi connectivity index (χ4v) is 1.80. The van der Waals surface area contributed by atoms with E-state index in [1.54, 1.807) is 4.57 Å². The highest BCUT2D eigenvalue weighted by molar-refractivity contribution is 5.72. The molecule has 0 atom stereocenters. The van der Waals surface area contributed by atoms with Gasteiger partial charge in [0.2, 0.25) is 0 Å². The summed E-state index contributed by atoms with van der Waals surface area (Å²) in [6.07, 6.45) is 2.03. The number of hydrogen-bond donors (Lipinski definition) is 1. The SMILES string of the molecule is CNCCCCn1c(=O)oc2ccccc21. The third-order valence-electron chi connectivity index (χ3n) is 2.63. The van der Waals surface area contributed by atoms with Crippen molar-refractivity contribution in [3.63, 3.8) is 0 Å². The van der Waals surface area contributed by atoms with Crippen LogP contribution in [-0.2, 0) is 6.54 Å². The normalized spacial score (nSPS) is 11.1. The first-order valence-corrected chi connectivity index (χ1v) is 5.56. The van der Waals surface area contributed by atoms with Crippen LogP contribution in [0.25, 0.3) is 11.1 Å². The molecule has 0 aliphatic heterocycles. The number of hydrogen-bond acceptors (Lipinski definition) is 3. The number of aryl methyl sites for hydroxylation is 1. The Morgan fingerprint density at radius 2 is 2.12 bits per heavy atom. The Morgan fingerprint density at radius 3 is 2.94 bits per heavy atom. The van der Waals surface area contributed by atoms with E-state index in [0.717, 1.165) is 31.4 Å². The fourth-order valence-electron chi connectivity index (χ4n) is 1.80. The van der Waals surface area contributed by atoms with Gasteiger partial charge in [0.05, 0.1) is 5.52 Å². The van der Waals surface area contributed by atoms with Crippen molar-refractivity contribution in [1.82, 2.24) is 9.88 Å². The quantitative estimate of drug-likeness (QED) is 0.778. The lowest BCUT2D eigenvalue weighted by Crippen LogP contribution is -2.15. The Bertz CT molecular complexity index is 513. The zero-order valence-corrected chi connectivity index (χ0v) is 9.40. The molecular formula is C12H16N2O2. The second-order valence-corrected chi connectivity index (χ2v) is 3.80. The van der Waals surface area contributed by atoms with E-state index >= 15 is 0 Å². The lowest BCUT2D eigenvalue weighted by molar-refractivity contribution is 0.490. The molecule has 86 valence electrons. The van der Waals surface area contributed by atoms with Crippen LogP contribution in [0.15, 0.2) is 33.5 Å². The average molecular weight is 220 g/mol. The Hall–Kier alpha value is -1.55. The first-order chi connectivity index (χ1) is 7.83. The molecule has 2 rings (SSSR count). The van der Waals surface area contributed by atoms with Crippen molar-refractivity contribution in [2.24, 2.45) is 0 Å². The Labute approximate surface area is 93.9 Å². The van der Waals surface area contributed by atoms with Crippen LogP contribution in [0.3, 0.4) is 0 Å². The van der Waals surface area contributed by atoms with Gasteiger partial charge in [-0.2, -0.15) is 0 Å². The van der Waals surface area contributed by atoms with E-state index in [2.05, 4.69) is 5.32 Å². The van der Waals surface area contributed by atoms with Crippen molar-refractivity contribution >= 4 is 11.1 Å². The van der Waals surface area contributed by atoms with Crippen molar-refractivity contribution in [3.05, 3.63) is 34.8 Å². The Morgan fingerprint density at radius 1 is 1.31 bits per heavy atom. The van der Waals surface area contributed by atoms with Crippen LogP contribution in [0.2, 0.25) is 0 Å². The van der Waals surface area contributed by atoms with E-state index in [4.69, 9.17) is 4.42 Å². The van der Waals surface area contributed by atoms with Gasteiger partial charge in [-0.15, -0.1) is 0 Å². The van der Waals surface area contributed by atoms with Gasteiger partial charge in [-0.25, -0.2) is 4.79 Å². The van der Waals surface area contributed by atoms with E-state index in [1.807, 2.05) is 31.3 Å². The lowest BCUT2D eigenvalue weighted by Gasteiger charge is -2.01. The van der Waals surface area contributed by atoms with Crippen LogP contribution in [-0.4, -0.2) is 18.2 Å². The van der Waals surface area contributed by atoms with Crippen molar-refractivity contribution in [2.45, 2.75) is 19.4 Å². The number of nitrogens with one attached hydrogen (secondary N) is 1. The molecule has 1 N–H and O–H groups in total. The number of nitrogens with zero attached hydrogens (tertiary/aromatic N) is 1. The monoisotopic (exact) mass is 220 g/mol. The van der Waals surface area contributed by atoms with Gasteiger partial charge in [0.25, 0.3) is 0 Å². The second kappa shape index (κ2) is 4.99. The number of oxazole rings is 1. The lowest BCUT2D eigenvalue weighted by atomic mass is 10.3. The standard InChI is InChI=1S/C12H16N2O2/c1-13-8-4-5-9-14-10-6-2-3-7-11(10)16-12(14)15/h2-3,6-7,13H,4-5,8-9H2,1H3. The summed E-state index contributed by atoms with van der Waals surface area (Å²) in [6.45, 7) is 1.70. The maximum absolute atomic E-state index is 11.6. The molecule has 0 fully saturated rings. The Balaban J connectivity index is 2.16. The van der Waals surface area contributed by atoms with Crippen molar-refractivity contribution in [3.8, 4) is 0 Å². The number of aromatic nitrogens is 1. The summed E-state index contributed by atoms with van der Waals surface area (Å²) in [7, 11) is 1.93. The highest BCUT2D eigenvalue weighted by Gasteiger charge is 2.06. The molecule has 0 amide bonds. The molecule has 0 unspecified atom stereocenters. The number of unbranched alkanes of at least 4 members (excludes halogenated alkanes) is 1. The van der Waals surface area contributed by atoms with Crippen molar-refractivity contribution in [1.29, 1.82) is 0 Å². The van der Waals surface area contributed by atoms with Gasteiger partial charge >= 0.3 is 5.76 Å². The molecule has 16 heavy (non-hydrogen) atoms. The molecule has 1 heterocycles. The minimum absolute atomic E-state index is 0.259. The first-order valence-electron chi connectivity index (χ1n) is 5.56. The fraction of sp³-hybridized carbons (Fsp3) is 0.417. The number of para-hydroxylation sites is 2. The predicted molar refractivity (Wildman–Crippen MR) is 63.6 cm³/mol. The molecule has 4 nitrogen and oxygen atoms in total. The smallest absolute Gasteiger partial charge is 0.408 e. The molecule has 0 saturated carbocycles. The zero-order chi connectivity index (χ0) is 11.4. The first kappa shape index (κ1) is 11.0. The van der Waals surface area contributed by atoms with Gasteiger partial charge in [0, 0.05) is 6.54 Å². The third kappa shape index (κ3) is 2.17. The summed E-state index contributed by atoms with van der Waals surface area (Å²) < 4.78 is 6.85. The topological polar surface area (TPSA) is 47.2 Å². The zero-order valence-electron chi connectivity index (χ0n) is 9.40. The third-order valence-corrected chi connectivity index (χ3v) is 2.63. The van der Waals surface area contributed by atoms with Gasteiger partial charge in [-0.1, -0.05) is 12.1 Å². The molecule has 1 aromatic carbocycles. The maximum atomic E-state index is 11.6. The summed E-state index contributed by atoms with van der Waals surface area (Å²) in [5.41, 5.74) is 1.55. The van der Waals surface area contributed by atoms with E-state index in [-0.39, 0.29) is 5.76 Å². The van der Waals surface area contributed by atoms with Crippen molar-refractivity contribution < 1.29 is 4.42 Å². The van der Waals surface area contributed by atoms with E-state index in [0.29, 0.717) is 5.58 Å². The van der Waals surface area contributed by atoms with E-state index in [9.17, 15) is 4.79 Å². The van der Waals surface area contributed by atoms with Crippen LogP contribution in [0.5, 0.6) is 0 Å². The van der Waals surface area contributed by atoms with Gasteiger partial charge < -0.3 is 9.73 Å². The maximum Gasteiger partial charge on any atom is 0.419 e. The van der Waals surface area contributed by atoms with Crippen LogP contribution < -0.4 is 11.1 Å². The molecule has 0 aliphatic carbocycles. The minimum atomic E-state index is -0.259. The molecule has 0 aliphatic rings. The summed E-state index contributed by atoms with van der Waals surface area (Å²) in [4.78, 5) is 11.6. The summed E-state index contributed by atoms with van der Waals surface area (Å²) >= 11 is 0. The van der Waals surface area contributed by atoms with Gasteiger partial charge in [-0.3, -0.25) is 4.57 Å². The van der Waals surface area contributed by atoms with Gasteiger partial charge in [0.15, 0.2) is 5.58 Å². The van der Waals surface area contributed by atoms with E-state index < -0.39 is 0 Å². The van der Waals surface area contributed by atoms with Gasteiger partial charge in [-0.05, 0) is 38.6 Å². The number of rotatable bonds is 5. The second-order valence-electron chi connectivity index (χ2n) is 3.80. The van der Waals surface area contributed by atoms with Crippen LogP contribution in [0, 0.1) is 0 Å². The molecule has 1 aromatic heterocycles. The molecule has 0 saturated heterocycles. The highest BCUT2D eigenvalue weighted by Crippen LogP contribution is 2.12. The largest absolute Gasteiger partial charge is 0.419 e. The molecule has 4 heteroatoms. The summed E-state index contributed by atoms with van der Waals surface area (Å²) in [5.74, 6) is -0.259. The predicted octanol–water partition coefficient (Wildman–Crippen LogP) is 1.59.